The Labute approximate surface area is 186 Å². The van der Waals surface area contributed by atoms with Crippen LogP contribution in [0.3, 0.4) is 0 Å². The zero-order valence-electron chi connectivity index (χ0n) is 17.6. The molecule has 1 unspecified atom stereocenters. The molecule has 1 aliphatic rings. The molecule has 0 bridgehead atoms. The fraction of sp³-hybridized carbons (Fsp3) is 0.273. The number of benzene rings is 1. The molecule has 10 heteroatoms. The molecule has 164 valence electrons. The van der Waals surface area contributed by atoms with Crippen LogP contribution in [0.15, 0.2) is 66.1 Å². The summed E-state index contributed by atoms with van der Waals surface area (Å²) in [5.41, 5.74) is 1.39. The third kappa shape index (κ3) is 4.01. The normalized spacial score (nSPS) is 16.9. The number of sulfone groups is 1. The molecule has 1 aliphatic heterocycles. The van der Waals surface area contributed by atoms with Crippen LogP contribution >= 0.6 is 0 Å². The highest BCUT2D eigenvalue weighted by Crippen LogP contribution is 2.25. The SMILES string of the molecule is CS(=O)(=O)c1ccc(-n2ncc3c(NC4CCCN(c5ccccn5)C4)ncnc32)cc1. The van der Waals surface area contributed by atoms with E-state index in [9.17, 15) is 8.42 Å². The predicted octanol–water partition coefficient (Wildman–Crippen LogP) is 2.69. The van der Waals surface area contributed by atoms with Gasteiger partial charge in [-0.2, -0.15) is 5.10 Å². The van der Waals surface area contributed by atoms with E-state index in [1.165, 1.54) is 12.6 Å². The fourth-order valence-electron chi connectivity index (χ4n) is 4.02. The van der Waals surface area contributed by atoms with Crippen LogP contribution < -0.4 is 10.2 Å². The maximum atomic E-state index is 11.7. The van der Waals surface area contributed by atoms with E-state index in [1.807, 2.05) is 24.4 Å². The standard InChI is InChI=1S/C22H23N7O2S/c1-32(30,31)18-9-7-17(8-10-18)29-22-19(13-26-29)21(24-15-25-22)27-16-5-4-12-28(14-16)20-6-2-3-11-23-20/h2-3,6-11,13,15-16H,4-5,12,14H2,1H3,(H,24,25,27). The van der Waals surface area contributed by atoms with Crippen molar-refractivity contribution < 1.29 is 8.42 Å². The number of nitrogens with zero attached hydrogens (tertiary/aromatic N) is 6. The first-order valence-electron chi connectivity index (χ1n) is 10.4. The lowest BCUT2D eigenvalue weighted by Gasteiger charge is -2.34. The summed E-state index contributed by atoms with van der Waals surface area (Å²) >= 11 is 0. The summed E-state index contributed by atoms with van der Waals surface area (Å²) in [6, 6.07) is 12.8. The van der Waals surface area contributed by atoms with E-state index in [-0.39, 0.29) is 10.9 Å². The summed E-state index contributed by atoms with van der Waals surface area (Å²) in [6.07, 6.45) is 8.37. The molecule has 4 heterocycles. The number of nitrogens with one attached hydrogen (secondary N) is 1. The van der Waals surface area contributed by atoms with Gasteiger partial charge in [0.15, 0.2) is 15.5 Å². The van der Waals surface area contributed by atoms with Crippen LogP contribution in [-0.4, -0.2) is 58.5 Å². The van der Waals surface area contributed by atoms with Crippen molar-refractivity contribution in [2.45, 2.75) is 23.8 Å². The fourth-order valence-corrected chi connectivity index (χ4v) is 4.65. The van der Waals surface area contributed by atoms with E-state index >= 15 is 0 Å². The summed E-state index contributed by atoms with van der Waals surface area (Å²) < 4.78 is 25.2. The van der Waals surface area contributed by atoms with E-state index in [0.29, 0.717) is 5.65 Å². The van der Waals surface area contributed by atoms with Gasteiger partial charge in [0.25, 0.3) is 0 Å². The third-order valence-corrected chi connectivity index (χ3v) is 6.74. The number of fused-ring (bicyclic) bond motifs is 1. The van der Waals surface area contributed by atoms with Gasteiger partial charge in [0.2, 0.25) is 0 Å². The summed E-state index contributed by atoms with van der Waals surface area (Å²) in [4.78, 5) is 15.9. The first-order valence-corrected chi connectivity index (χ1v) is 12.3. The van der Waals surface area contributed by atoms with Gasteiger partial charge in [-0.3, -0.25) is 0 Å². The van der Waals surface area contributed by atoms with Gasteiger partial charge >= 0.3 is 0 Å². The highest BCUT2D eigenvalue weighted by Gasteiger charge is 2.22. The molecule has 0 radical (unpaired) electrons. The van der Waals surface area contributed by atoms with Gasteiger partial charge in [-0.1, -0.05) is 6.07 Å². The van der Waals surface area contributed by atoms with Crippen LogP contribution in [0.5, 0.6) is 0 Å². The smallest absolute Gasteiger partial charge is 0.175 e. The Morgan fingerprint density at radius 2 is 1.91 bits per heavy atom. The van der Waals surface area contributed by atoms with Crippen molar-refractivity contribution in [2.24, 2.45) is 0 Å². The molecule has 0 saturated carbocycles. The van der Waals surface area contributed by atoms with E-state index < -0.39 is 9.84 Å². The quantitative estimate of drug-likeness (QED) is 0.496. The zero-order valence-corrected chi connectivity index (χ0v) is 18.4. The average Bonchev–Trinajstić information content (AvgIpc) is 3.25. The summed E-state index contributed by atoms with van der Waals surface area (Å²) in [5.74, 6) is 1.72. The topological polar surface area (TPSA) is 106 Å². The highest BCUT2D eigenvalue weighted by molar-refractivity contribution is 7.90. The second kappa shape index (κ2) is 8.19. The predicted molar refractivity (Wildman–Crippen MR) is 123 cm³/mol. The Morgan fingerprint density at radius 3 is 2.66 bits per heavy atom. The van der Waals surface area contributed by atoms with Crippen LogP contribution in [0.1, 0.15) is 12.8 Å². The second-order valence-corrected chi connectivity index (χ2v) is 9.92. The lowest BCUT2D eigenvalue weighted by molar-refractivity contribution is 0.526. The highest BCUT2D eigenvalue weighted by atomic mass is 32.2. The van der Waals surface area contributed by atoms with E-state index in [2.05, 4.69) is 30.3 Å². The Balaban J connectivity index is 1.40. The number of pyridine rings is 1. The maximum Gasteiger partial charge on any atom is 0.175 e. The van der Waals surface area contributed by atoms with Gasteiger partial charge in [0, 0.05) is 31.6 Å². The van der Waals surface area contributed by atoms with Crippen LogP contribution in [-0.2, 0) is 9.84 Å². The van der Waals surface area contributed by atoms with E-state index in [0.717, 1.165) is 48.6 Å². The Bertz CT molecular complexity index is 1340. The number of aromatic nitrogens is 5. The van der Waals surface area contributed by atoms with Crippen LogP contribution in [0.4, 0.5) is 11.6 Å². The molecule has 1 aromatic carbocycles. The Hall–Kier alpha value is -3.53. The van der Waals surface area contributed by atoms with E-state index in [4.69, 9.17) is 0 Å². The molecule has 9 nitrogen and oxygen atoms in total. The number of hydrogen-bond donors (Lipinski definition) is 1. The van der Waals surface area contributed by atoms with Crippen LogP contribution in [0, 0.1) is 0 Å². The van der Waals surface area contributed by atoms with E-state index in [1.54, 1.807) is 35.1 Å². The van der Waals surface area contributed by atoms with Gasteiger partial charge in [-0.05, 0) is 49.2 Å². The number of hydrogen-bond acceptors (Lipinski definition) is 8. The lowest BCUT2D eigenvalue weighted by Crippen LogP contribution is -2.42. The molecular weight excluding hydrogens is 426 g/mol. The molecule has 32 heavy (non-hydrogen) atoms. The monoisotopic (exact) mass is 449 g/mol. The van der Waals surface area contributed by atoms with Crippen LogP contribution in [0.25, 0.3) is 16.7 Å². The minimum atomic E-state index is -3.25. The third-order valence-electron chi connectivity index (χ3n) is 5.61. The summed E-state index contributed by atoms with van der Waals surface area (Å²) in [5, 5.41) is 8.86. The van der Waals surface area contributed by atoms with Gasteiger partial charge in [0.05, 0.1) is 22.2 Å². The molecule has 0 aliphatic carbocycles. The molecular formula is C22H23N7O2S. The minimum Gasteiger partial charge on any atom is -0.365 e. The maximum absolute atomic E-state index is 11.7. The van der Waals surface area contributed by atoms with Gasteiger partial charge in [-0.15, -0.1) is 0 Å². The number of piperidine rings is 1. The Morgan fingerprint density at radius 1 is 1.06 bits per heavy atom. The largest absolute Gasteiger partial charge is 0.365 e. The van der Waals surface area contributed by atoms with Crippen molar-refractivity contribution in [2.75, 3.05) is 29.6 Å². The van der Waals surface area contributed by atoms with Gasteiger partial charge in [0.1, 0.15) is 18.0 Å². The van der Waals surface area contributed by atoms with Gasteiger partial charge in [-0.25, -0.2) is 28.1 Å². The van der Waals surface area contributed by atoms with Crippen molar-refractivity contribution in [1.82, 2.24) is 24.7 Å². The molecule has 0 spiro atoms. The van der Waals surface area contributed by atoms with Crippen molar-refractivity contribution in [3.05, 3.63) is 61.2 Å². The number of rotatable bonds is 5. The average molecular weight is 450 g/mol. The first-order chi connectivity index (χ1) is 15.5. The molecule has 4 aromatic rings. The van der Waals surface area contributed by atoms with Crippen LogP contribution in [0.2, 0.25) is 0 Å². The molecule has 3 aromatic heterocycles. The van der Waals surface area contributed by atoms with Gasteiger partial charge < -0.3 is 10.2 Å². The second-order valence-electron chi connectivity index (χ2n) is 7.90. The van der Waals surface area contributed by atoms with Crippen molar-refractivity contribution >= 4 is 32.5 Å². The molecule has 1 fully saturated rings. The molecule has 1 N–H and O–H groups in total. The summed E-state index contributed by atoms with van der Waals surface area (Å²) in [6.45, 7) is 1.82. The summed E-state index contributed by atoms with van der Waals surface area (Å²) in [7, 11) is -3.25. The van der Waals surface area contributed by atoms with Crippen molar-refractivity contribution in [3.63, 3.8) is 0 Å². The first kappa shape index (κ1) is 20.4. The van der Waals surface area contributed by atoms with Crippen molar-refractivity contribution in [1.29, 1.82) is 0 Å². The molecule has 1 atom stereocenters. The zero-order chi connectivity index (χ0) is 22.1. The molecule has 5 rings (SSSR count). The number of anilines is 2. The lowest BCUT2D eigenvalue weighted by atomic mass is 10.1. The molecule has 1 saturated heterocycles. The molecule has 0 amide bonds. The Kier molecular flexibility index (Phi) is 5.22. The van der Waals surface area contributed by atoms with Crippen molar-refractivity contribution in [3.8, 4) is 5.69 Å². The minimum absolute atomic E-state index is 0.223.